The molecular formula is C13H26N2O3. The zero-order valence-electron chi connectivity index (χ0n) is 11.3. The molecule has 5 heteroatoms. The molecule has 0 saturated carbocycles. The molecule has 106 valence electrons. The molecule has 5 nitrogen and oxygen atoms in total. The Morgan fingerprint density at radius 3 is 2.89 bits per heavy atom. The van der Waals surface area contributed by atoms with Gasteiger partial charge in [-0.15, -0.1) is 0 Å². The van der Waals surface area contributed by atoms with Crippen LogP contribution in [0.25, 0.3) is 0 Å². The van der Waals surface area contributed by atoms with Crippen LogP contribution in [0.4, 0.5) is 0 Å². The highest BCUT2D eigenvalue weighted by atomic mass is 16.5. The van der Waals surface area contributed by atoms with E-state index in [0.29, 0.717) is 6.54 Å². The second kappa shape index (κ2) is 6.30. The number of hydrogen-bond acceptors (Lipinski definition) is 5. The number of rotatable bonds is 4. The van der Waals surface area contributed by atoms with E-state index in [-0.39, 0.29) is 24.2 Å². The summed E-state index contributed by atoms with van der Waals surface area (Å²) in [7, 11) is 0. The molecule has 2 rings (SSSR count). The minimum Gasteiger partial charge on any atom is -0.394 e. The van der Waals surface area contributed by atoms with Crippen molar-refractivity contribution in [1.82, 2.24) is 4.90 Å². The predicted molar refractivity (Wildman–Crippen MR) is 69.4 cm³/mol. The van der Waals surface area contributed by atoms with Gasteiger partial charge in [-0.25, -0.2) is 0 Å². The van der Waals surface area contributed by atoms with Crippen LogP contribution in [0.1, 0.15) is 19.8 Å². The maximum Gasteiger partial charge on any atom is 0.0936 e. The zero-order valence-corrected chi connectivity index (χ0v) is 11.3. The maximum absolute atomic E-state index is 9.25. The molecule has 3 N–H and O–H groups in total. The molecule has 3 unspecified atom stereocenters. The van der Waals surface area contributed by atoms with E-state index in [1.807, 2.05) is 0 Å². The van der Waals surface area contributed by atoms with Crippen LogP contribution >= 0.6 is 0 Å². The minimum absolute atomic E-state index is 0.0620. The van der Waals surface area contributed by atoms with Gasteiger partial charge in [-0.3, -0.25) is 4.90 Å². The third kappa shape index (κ3) is 3.42. The fourth-order valence-corrected chi connectivity index (χ4v) is 3.11. The Kier molecular flexibility index (Phi) is 4.98. The first-order valence-electron chi connectivity index (χ1n) is 6.94. The summed E-state index contributed by atoms with van der Waals surface area (Å²) in [5.41, 5.74) is 6.06. The third-order valence-corrected chi connectivity index (χ3v) is 4.00. The summed E-state index contributed by atoms with van der Waals surface area (Å²) in [4.78, 5) is 2.37. The van der Waals surface area contributed by atoms with Crippen LogP contribution in [0.3, 0.4) is 0 Å². The summed E-state index contributed by atoms with van der Waals surface area (Å²) in [6.07, 6.45) is 2.35. The molecule has 0 bridgehead atoms. The molecule has 0 aromatic heterocycles. The molecule has 0 radical (unpaired) electrons. The molecule has 0 aliphatic carbocycles. The largest absolute Gasteiger partial charge is 0.394 e. The quantitative estimate of drug-likeness (QED) is 0.732. The van der Waals surface area contributed by atoms with Crippen molar-refractivity contribution in [2.24, 2.45) is 11.1 Å². The number of morpholine rings is 1. The molecular weight excluding hydrogens is 232 g/mol. The van der Waals surface area contributed by atoms with Gasteiger partial charge < -0.3 is 20.3 Å². The highest BCUT2D eigenvalue weighted by Gasteiger charge is 2.36. The van der Waals surface area contributed by atoms with Gasteiger partial charge in [-0.05, 0) is 19.8 Å². The second-order valence-electron chi connectivity index (χ2n) is 5.81. The molecule has 0 amide bonds. The van der Waals surface area contributed by atoms with Crippen molar-refractivity contribution >= 4 is 0 Å². The third-order valence-electron chi connectivity index (χ3n) is 4.00. The zero-order chi connectivity index (χ0) is 13.0. The summed E-state index contributed by atoms with van der Waals surface area (Å²) in [6.45, 7) is 7.10. The van der Waals surface area contributed by atoms with E-state index < -0.39 is 0 Å². The van der Waals surface area contributed by atoms with Crippen LogP contribution in [0.2, 0.25) is 0 Å². The molecule has 0 aromatic rings. The van der Waals surface area contributed by atoms with E-state index in [4.69, 9.17) is 15.2 Å². The lowest BCUT2D eigenvalue weighted by Crippen LogP contribution is -2.54. The van der Waals surface area contributed by atoms with Crippen LogP contribution in [0, 0.1) is 5.41 Å². The van der Waals surface area contributed by atoms with Gasteiger partial charge in [0.25, 0.3) is 0 Å². The summed E-state index contributed by atoms with van der Waals surface area (Å²) in [5, 5.41) is 9.25. The van der Waals surface area contributed by atoms with Crippen LogP contribution < -0.4 is 5.73 Å². The highest BCUT2D eigenvalue weighted by Crippen LogP contribution is 2.29. The number of aliphatic hydroxyl groups excluding tert-OH is 1. The Bertz CT molecular complexity index is 257. The lowest BCUT2D eigenvalue weighted by Gasteiger charge is -2.43. The first kappa shape index (κ1) is 14.2. The monoisotopic (exact) mass is 258 g/mol. The predicted octanol–water partition coefficient (Wildman–Crippen LogP) is -0.176. The van der Waals surface area contributed by atoms with E-state index in [1.54, 1.807) is 0 Å². The van der Waals surface area contributed by atoms with Crippen LogP contribution in [-0.2, 0) is 9.47 Å². The van der Waals surface area contributed by atoms with Gasteiger partial charge in [0.1, 0.15) is 0 Å². The SMILES string of the molecule is CC1CN(CC2(CN)CCCOC2)CC(CO)O1. The van der Waals surface area contributed by atoms with Gasteiger partial charge in [0, 0.05) is 38.2 Å². The first-order valence-corrected chi connectivity index (χ1v) is 6.94. The smallest absolute Gasteiger partial charge is 0.0936 e. The van der Waals surface area contributed by atoms with Crippen LogP contribution in [0.15, 0.2) is 0 Å². The van der Waals surface area contributed by atoms with E-state index >= 15 is 0 Å². The fraction of sp³-hybridized carbons (Fsp3) is 1.00. The number of ether oxygens (including phenoxy) is 2. The normalized spacial score (nSPS) is 38.8. The number of nitrogens with zero attached hydrogens (tertiary/aromatic N) is 1. The Morgan fingerprint density at radius 2 is 2.28 bits per heavy atom. The number of hydrogen-bond donors (Lipinski definition) is 2. The van der Waals surface area contributed by atoms with Crippen molar-refractivity contribution in [3.63, 3.8) is 0 Å². The van der Waals surface area contributed by atoms with Crippen molar-refractivity contribution in [3.05, 3.63) is 0 Å². The van der Waals surface area contributed by atoms with Gasteiger partial charge in [-0.2, -0.15) is 0 Å². The van der Waals surface area contributed by atoms with E-state index in [2.05, 4.69) is 11.8 Å². The number of nitrogens with two attached hydrogens (primary N) is 1. The molecule has 2 saturated heterocycles. The lowest BCUT2D eigenvalue weighted by molar-refractivity contribution is -0.111. The molecule has 0 aromatic carbocycles. The van der Waals surface area contributed by atoms with Gasteiger partial charge >= 0.3 is 0 Å². The van der Waals surface area contributed by atoms with Gasteiger partial charge in [0.2, 0.25) is 0 Å². The highest BCUT2D eigenvalue weighted by molar-refractivity contribution is 4.88. The van der Waals surface area contributed by atoms with Crippen molar-refractivity contribution < 1.29 is 14.6 Å². The van der Waals surface area contributed by atoms with E-state index in [0.717, 1.165) is 45.7 Å². The topological polar surface area (TPSA) is 68.0 Å². The van der Waals surface area contributed by atoms with Crippen molar-refractivity contribution in [1.29, 1.82) is 0 Å². The molecule has 3 atom stereocenters. The van der Waals surface area contributed by atoms with Gasteiger partial charge in [0.15, 0.2) is 0 Å². The lowest BCUT2D eigenvalue weighted by atomic mass is 9.82. The molecule has 18 heavy (non-hydrogen) atoms. The maximum atomic E-state index is 9.25. The van der Waals surface area contributed by atoms with Crippen molar-refractivity contribution in [3.8, 4) is 0 Å². The molecule has 2 fully saturated rings. The summed E-state index contributed by atoms with van der Waals surface area (Å²) in [5.74, 6) is 0. The van der Waals surface area contributed by atoms with E-state index in [1.165, 1.54) is 0 Å². The molecule has 2 heterocycles. The summed E-state index contributed by atoms with van der Waals surface area (Å²) in [6, 6.07) is 0. The fourth-order valence-electron chi connectivity index (χ4n) is 3.11. The molecule has 0 spiro atoms. The average molecular weight is 258 g/mol. The average Bonchev–Trinajstić information content (AvgIpc) is 2.39. The summed E-state index contributed by atoms with van der Waals surface area (Å²) < 4.78 is 11.3. The standard InChI is InChI=1S/C13H26N2O3/c1-11-5-15(6-12(7-16)18-11)9-13(8-14)3-2-4-17-10-13/h11-12,16H,2-10,14H2,1H3. The van der Waals surface area contributed by atoms with Crippen molar-refractivity contribution in [2.75, 3.05) is 46.0 Å². The van der Waals surface area contributed by atoms with Gasteiger partial charge in [-0.1, -0.05) is 0 Å². The Hall–Kier alpha value is -0.200. The first-order chi connectivity index (χ1) is 8.67. The van der Waals surface area contributed by atoms with Crippen LogP contribution in [-0.4, -0.2) is 68.2 Å². The Labute approximate surface area is 109 Å². The van der Waals surface area contributed by atoms with Crippen LogP contribution in [0.5, 0.6) is 0 Å². The Balaban J connectivity index is 1.93. The van der Waals surface area contributed by atoms with E-state index in [9.17, 15) is 5.11 Å². The van der Waals surface area contributed by atoms with Gasteiger partial charge in [0.05, 0.1) is 25.4 Å². The summed E-state index contributed by atoms with van der Waals surface area (Å²) >= 11 is 0. The minimum atomic E-state index is -0.0620. The molecule has 2 aliphatic heterocycles. The Morgan fingerprint density at radius 1 is 1.44 bits per heavy atom. The molecule has 2 aliphatic rings. The van der Waals surface area contributed by atoms with Crippen molar-refractivity contribution in [2.45, 2.75) is 32.0 Å². The second-order valence-corrected chi connectivity index (χ2v) is 5.81. The number of aliphatic hydroxyl groups is 1.